The van der Waals surface area contributed by atoms with E-state index in [1.807, 2.05) is 35.2 Å². The highest BCUT2D eigenvalue weighted by atomic mass is 19.4. The zero-order chi connectivity index (χ0) is 26.0. The van der Waals surface area contributed by atoms with Gasteiger partial charge in [0, 0.05) is 38.6 Å². The molecule has 2 aliphatic rings. The monoisotopic (exact) mass is 508 g/mol. The number of halogens is 3. The minimum Gasteiger partial charge on any atom is -0.497 e. The van der Waals surface area contributed by atoms with Gasteiger partial charge in [0.15, 0.2) is 0 Å². The molecule has 37 heavy (non-hydrogen) atoms. The van der Waals surface area contributed by atoms with E-state index >= 15 is 0 Å². The van der Waals surface area contributed by atoms with Gasteiger partial charge in [0.1, 0.15) is 5.75 Å². The van der Waals surface area contributed by atoms with Crippen LogP contribution in [0.5, 0.6) is 5.75 Å². The second kappa shape index (κ2) is 10.6. The van der Waals surface area contributed by atoms with Gasteiger partial charge < -0.3 is 9.64 Å². The van der Waals surface area contributed by atoms with Crippen LogP contribution in [0, 0.1) is 5.92 Å². The molecule has 7 heteroatoms. The fourth-order valence-electron chi connectivity index (χ4n) is 5.65. The summed E-state index contributed by atoms with van der Waals surface area (Å²) < 4.78 is 45.7. The van der Waals surface area contributed by atoms with Crippen molar-refractivity contribution in [2.75, 3.05) is 33.3 Å². The van der Waals surface area contributed by atoms with Crippen molar-refractivity contribution in [1.82, 2.24) is 9.80 Å². The molecule has 2 atom stereocenters. The molecular formula is C30H31F3N2O2. The fraction of sp³-hybridized carbons (Fsp3) is 0.367. The summed E-state index contributed by atoms with van der Waals surface area (Å²) in [6.07, 6.45) is -3.19. The summed E-state index contributed by atoms with van der Waals surface area (Å²) >= 11 is 0. The van der Waals surface area contributed by atoms with Crippen LogP contribution in [-0.4, -0.2) is 49.0 Å². The van der Waals surface area contributed by atoms with Crippen molar-refractivity contribution in [3.63, 3.8) is 0 Å². The van der Waals surface area contributed by atoms with E-state index in [0.29, 0.717) is 18.7 Å². The number of fused-ring (bicyclic) bond motifs is 1. The Bertz CT molecular complexity index is 1240. The normalized spacial score (nSPS) is 20.1. The van der Waals surface area contributed by atoms with Crippen molar-refractivity contribution >= 4 is 5.91 Å². The van der Waals surface area contributed by atoms with Gasteiger partial charge in [0.25, 0.3) is 0 Å². The lowest BCUT2D eigenvalue weighted by Gasteiger charge is -2.32. The lowest BCUT2D eigenvalue weighted by molar-refractivity contribution is -0.137. The van der Waals surface area contributed by atoms with Crippen molar-refractivity contribution in [3.8, 4) is 5.75 Å². The van der Waals surface area contributed by atoms with Crippen LogP contribution in [0.15, 0.2) is 72.8 Å². The van der Waals surface area contributed by atoms with E-state index in [1.54, 1.807) is 13.2 Å². The maximum atomic E-state index is 13.5. The number of nitrogens with zero attached hydrogens (tertiary/aromatic N) is 2. The first-order valence-electron chi connectivity index (χ1n) is 12.7. The third-order valence-electron chi connectivity index (χ3n) is 7.65. The van der Waals surface area contributed by atoms with E-state index in [4.69, 9.17) is 4.74 Å². The number of ether oxygens (including phenoxy) is 1. The highest BCUT2D eigenvalue weighted by Crippen LogP contribution is 2.37. The predicted octanol–water partition coefficient (Wildman–Crippen LogP) is 5.56. The number of carbonyl (C=O) groups excluding carboxylic acids is 1. The van der Waals surface area contributed by atoms with Gasteiger partial charge in [-0.25, -0.2) is 0 Å². The summed E-state index contributed by atoms with van der Waals surface area (Å²) in [7, 11) is 1.60. The molecular weight excluding hydrogens is 477 g/mol. The number of alkyl halides is 3. The number of amides is 1. The molecule has 4 nitrogen and oxygen atoms in total. The number of benzene rings is 3. The Morgan fingerprint density at radius 3 is 2.46 bits per heavy atom. The molecule has 2 unspecified atom stereocenters. The van der Waals surface area contributed by atoms with Crippen molar-refractivity contribution < 1.29 is 22.7 Å². The molecule has 0 aliphatic carbocycles. The Balaban J connectivity index is 1.35. The summed E-state index contributed by atoms with van der Waals surface area (Å²) in [6, 6.07) is 21.4. The van der Waals surface area contributed by atoms with E-state index in [-0.39, 0.29) is 24.2 Å². The minimum atomic E-state index is -4.40. The van der Waals surface area contributed by atoms with Crippen LogP contribution in [0.2, 0.25) is 0 Å². The van der Waals surface area contributed by atoms with Crippen LogP contribution in [0.25, 0.3) is 0 Å². The smallest absolute Gasteiger partial charge is 0.416 e. The molecule has 1 amide bonds. The lowest BCUT2D eigenvalue weighted by Crippen LogP contribution is -2.37. The van der Waals surface area contributed by atoms with Gasteiger partial charge in [-0.2, -0.15) is 13.2 Å². The third kappa shape index (κ3) is 5.82. The number of methoxy groups -OCH3 is 1. The van der Waals surface area contributed by atoms with Crippen molar-refractivity contribution in [2.45, 2.75) is 31.5 Å². The molecule has 0 bridgehead atoms. The SMILES string of the molecule is COc1ccc(CC(=O)N2CC(CN3CCc4ccccc4C3)C(c3cccc(C(F)(F)F)c3)C2)cc1. The zero-order valence-corrected chi connectivity index (χ0v) is 20.9. The molecule has 0 N–H and O–H groups in total. The maximum absolute atomic E-state index is 13.5. The summed E-state index contributed by atoms with van der Waals surface area (Å²) in [5.74, 6) is 0.617. The number of hydrogen-bond donors (Lipinski definition) is 0. The summed E-state index contributed by atoms with van der Waals surface area (Å²) in [4.78, 5) is 17.5. The second-order valence-corrected chi connectivity index (χ2v) is 10.1. The first kappa shape index (κ1) is 25.3. The summed E-state index contributed by atoms with van der Waals surface area (Å²) in [6.45, 7) is 3.42. The highest BCUT2D eigenvalue weighted by molar-refractivity contribution is 5.79. The van der Waals surface area contributed by atoms with Crippen LogP contribution in [0.4, 0.5) is 13.2 Å². The van der Waals surface area contributed by atoms with Crippen molar-refractivity contribution in [2.24, 2.45) is 5.92 Å². The minimum absolute atomic E-state index is 0.00590. The lowest BCUT2D eigenvalue weighted by atomic mass is 9.87. The summed E-state index contributed by atoms with van der Waals surface area (Å²) in [5, 5.41) is 0. The number of likely N-dealkylation sites (tertiary alicyclic amines) is 1. The van der Waals surface area contributed by atoms with Gasteiger partial charge in [0.05, 0.1) is 19.1 Å². The standard InChI is InChI=1S/C30H31F3N2O2/c1-37-27-11-9-21(10-12-27)15-29(36)35-19-25(18-34-14-13-22-5-2-3-6-24(22)17-34)28(20-35)23-7-4-8-26(16-23)30(31,32)33/h2-12,16,25,28H,13-15,17-20H2,1H3. The van der Waals surface area contributed by atoms with E-state index in [0.717, 1.165) is 43.4 Å². The molecule has 0 spiro atoms. The molecule has 0 radical (unpaired) electrons. The molecule has 194 valence electrons. The highest BCUT2D eigenvalue weighted by Gasteiger charge is 2.39. The van der Waals surface area contributed by atoms with E-state index in [9.17, 15) is 18.0 Å². The Labute approximate surface area is 215 Å². The molecule has 1 fully saturated rings. The number of hydrogen-bond acceptors (Lipinski definition) is 3. The van der Waals surface area contributed by atoms with Crippen LogP contribution < -0.4 is 4.74 Å². The van der Waals surface area contributed by atoms with E-state index < -0.39 is 11.7 Å². The molecule has 0 saturated carbocycles. The fourth-order valence-corrected chi connectivity index (χ4v) is 5.65. The zero-order valence-electron chi connectivity index (χ0n) is 20.9. The van der Waals surface area contributed by atoms with Crippen molar-refractivity contribution in [1.29, 1.82) is 0 Å². The Morgan fingerprint density at radius 1 is 0.973 bits per heavy atom. The Kier molecular flexibility index (Phi) is 7.24. The molecule has 2 heterocycles. The maximum Gasteiger partial charge on any atom is 0.416 e. The first-order valence-corrected chi connectivity index (χ1v) is 12.7. The van der Waals surface area contributed by atoms with Gasteiger partial charge in [-0.3, -0.25) is 9.69 Å². The second-order valence-electron chi connectivity index (χ2n) is 10.1. The van der Waals surface area contributed by atoms with Crippen LogP contribution >= 0.6 is 0 Å². The predicted molar refractivity (Wildman–Crippen MR) is 136 cm³/mol. The van der Waals surface area contributed by atoms with E-state index in [2.05, 4.69) is 23.1 Å². The Morgan fingerprint density at radius 2 is 1.73 bits per heavy atom. The number of rotatable bonds is 6. The van der Waals surface area contributed by atoms with Crippen LogP contribution in [0.1, 0.15) is 33.7 Å². The average Bonchev–Trinajstić information content (AvgIpc) is 3.32. The first-order chi connectivity index (χ1) is 17.8. The van der Waals surface area contributed by atoms with Gasteiger partial charge in [-0.15, -0.1) is 0 Å². The average molecular weight is 509 g/mol. The van der Waals surface area contributed by atoms with Gasteiger partial charge >= 0.3 is 6.18 Å². The number of carbonyl (C=O) groups is 1. The third-order valence-corrected chi connectivity index (χ3v) is 7.65. The molecule has 0 aromatic heterocycles. The van der Waals surface area contributed by atoms with Crippen LogP contribution in [0.3, 0.4) is 0 Å². The van der Waals surface area contributed by atoms with Gasteiger partial charge in [-0.05, 0) is 52.8 Å². The largest absolute Gasteiger partial charge is 0.497 e. The van der Waals surface area contributed by atoms with Crippen molar-refractivity contribution in [3.05, 3.63) is 101 Å². The topological polar surface area (TPSA) is 32.8 Å². The molecule has 3 aromatic rings. The summed E-state index contributed by atoms with van der Waals surface area (Å²) in [5.41, 5.74) is 3.55. The van der Waals surface area contributed by atoms with Gasteiger partial charge in [0.2, 0.25) is 5.91 Å². The van der Waals surface area contributed by atoms with E-state index in [1.165, 1.54) is 23.3 Å². The molecule has 5 rings (SSSR count). The van der Waals surface area contributed by atoms with Crippen LogP contribution in [-0.2, 0) is 30.4 Å². The molecule has 2 aliphatic heterocycles. The quantitative estimate of drug-likeness (QED) is 0.437. The molecule has 3 aromatic carbocycles. The Hall–Kier alpha value is -3.32. The molecule has 1 saturated heterocycles. The van der Waals surface area contributed by atoms with Gasteiger partial charge in [-0.1, -0.05) is 54.6 Å².